The number of fused-ring (bicyclic) bond motifs is 1. The van der Waals surface area contributed by atoms with Crippen LogP contribution in [0.4, 0.5) is 11.4 Å². The van der Waals surface area contributed by atoms with Crippen LogP contribution in [0.1, 0.15) is 18.1 Å². The monoisotopic (exact) mass is 432 g/mol. The SMILES string of the molecule is CC1Oc2ccc(NC(=O)/C=C/c3ccc(Cl)cc3)cc2N(Cc2ccccc2)C1=O. The lowest BCUT2D eigenvalue weighted by atomic mass is 10.1. The molecule has 0 fully saturated rings. The summed E-state index contributed by atoms with van der Waals surface area (Å²) in [6.45, 7) is 2.16. The second-order valence-corrected chi connectivity index (χ2v) is 7.66. The summed E-state index contributed by atoms with van der Waals surface area (Å²) in [4.78, 5) is 26.9. The first-order valence-electron chi connectivity index (χ1n) is 9.90. The van der Waals surface area contributed by atoms with Crippen molar-refractivity contribution in [2.45, 2.75) is 19.6 Å². The molecule has 156 valence electrons. The maximum atomic E-state index is 12.8. The van der Waals surface area contributed by atoms with Crippen LogP contribution < -0.4 is 15.0 Å². The standard InChI is InChI=1S/C25H21ClN2O3/c1-17-25(30)28(16-19-5-3-2-4-6-19)22-15-21(12-13-23(22)31-17)27-24(29)14-9-18-7-10-20(26)11-8-18/h2-15,17H,16H2,1H3,(H,27,29)/b14-9+. The molecule has 1 N–H and O–H groups in total. The minimum atomic E-state index is -0.570. The van der Waals surface area contributed by atoms with Crippen molar-refractivity contribution in [3.63, 3.8) is 0 Å². The molecule has 0 aromatic heterocycles. The minimum Gasteiger partial charge on any atom is -0.479 e. The Labute approximate surface area is 185 Å². The molecule has 0 spiro atoms. The lowest BCUT2D eigenvalue weighted by molar-refractivity contribution is -0.125. The predicted octanol–water partition coefficient (Wildman–Crippen LogP) is 5.31. The summed E-state index contributed by atoms with van der Waals surface area (Å²) in [5.74, 6) is 0.209. The zero-order chi connectivity index (χ0) is 21.8. The number of anilines is 2. The maximum absolute atomic E-state index is 12.8. The Morgan fingerprint density at radius 1 is 1.10 bits per heavy atom. The summed E-state index contributed by atoms with van der Waals surface area (Å²) in [6, 6.07) is 22.2. The molecule has 0 radical (unpaired) electrons. The Kier molecular flexibility index (Phi) is 6.05. The van der Waals surface area contributed by atoms with Gasteiger partial charge in [0.2, 0.25) is 5.91 Å². The van der Waals surface area contributed by atoms with E-state index in [0.717, 1.165) is 11.1 Å². The third-order valence-electron chi connectivity index (χ3n) is 4.92. The summed E-state index contributed by atoms with van der Waals surface area (Å²) < 4.78 is 5.76. The van der Waals surface area contributed by atoms with Gasteiger partial charge in [-0.2, -0.15) is 0 Å². The van der Waals surface area contributed by atoms with Gasteiger partial charge in [-0.3, -0.25) is 9.59 Å². The fourth-order valence-electron chi connectivity index (χ4n) is 3.34. The number of nitrogens with zero attached hydrogens (tertiary/aromatic N) is 1. The van der Waals surface area contributed by atoms with Crippen LogP contribution in [-0.4, -0.2) is 17.9 Å². The van der Waals surface area contributed by atoms with E-state index in [-0.39, 0.29) is 11.8 Å². The molecule has 3 aromatic rings. The van der Waals surface area contributed by atoms with Crippen LogP contribution in [0.3, 0.4) is 0 Å². The van der Waals surface area contributed by atoms with E-state index < -0.39 is 6.10 Å². The van der Waals surface area contributed by atoms with Crippen LogP contribution in [0.15, 0.2) is 78.9 Å². The number of carbonyl (C=O) groups excluding carboxylic acids is 2. The molecule has 1 aliphatic rings. The van der Waals surface area contributed by atoms with Crippen LogP contribution in [0, 0.1) is 0 Å². The maximum Gasteiger partial charge on any atom is 0.268 e. The van der Waals surface area contributed by atoms with Crippen LogP contribution in [0.25, 0.3) is 6.08 Å². The Bertz CT molecular complexity index is 1130. The molecule has 31 heavy (non-hydrogen) atoms. The first-order valence-corrected chi connectivity index (χ1v) is 10.3. The largest absolute Gasteiger partial charge is 0.479 e. The van der Waals surface area contributed by atoms with Crippen molar-refractivity contribution in [1.29, 1.82) is 0 Å². The number of halogens is 1. The highest BCUT2D eigenvalue weighted by molar-refractivity contribution is 6.30. The van der Waals surface area contributed by atoms with E-state index in [1.54, 1.807) is 48.2 Å². The predicted molar refractivity (Wildman–Crippen MR) is 123 cm³/mol. The number of hydrogen-bond donors (Lipinski definition) is 1. The number of hydrogen-bond acceptors (Lipinski definition) is 3. The molecule has 1 aliphatic heterocycles. The molecular weight excluding hydrogens is 412 g/mol. The minimum absolute atomic E-state index is 0.123. The van der Waals surface area contributed by atoms with Gasteiger partial charge in [-0.25, -0.2) is 0 Å². The van der Waals surface area contributed by atoms with Crippen molar-refractivity contribution in [3.05, 3.63) is 95.0 Å². The van der Waals surface area contributed by atoms with Crippen molar-refractivity contribution in [2.75, 3.05) is 10.2 Å². The van der Waals surface area contributed by atoms with Gasteiger partial charge in [0.1, 0.15) is 5.75 Å². The molecule has 6 heteroatoms. The van der Waals surface area contributed by atoms with Crippen molar-refractivity contribution in [1.82, 2.24) is 0 Å². The third-order valence-corrected chi connectivity index (χ3v) is 5.17. The lowest BCUT2D eigenvalue weighted by Crippen LogP contribution is -2.44. The van der Waals surface area contributed by atoms with Gasteiger partial charge in [-0.1, -0.05) is 54.1 Å². The van der Waals surface area contributed by atoms with Crippen LogP contribution in [-0.2, 0) is 16.1 Å². The van der Waals surface area contributed by atoms with Crippen molar-refractivity contribution in [2.24, 2.45) is 0 Å². The molecule has 3 aromatic carbocycles. The summed E-state index contributed by atoms with van der Waals surface area (Å²) in [5, 5.41) is 3.48. The molecule has 4 rings (SSSR count). The van der Waals surface area contributed by atoms with Gasteiger partial charge in [0, 0.05) is 16.8 Å². The van der Waals surface area contributed by atoms with Crippen molar-refractivity contribution >= 4 is 40.9 Å². The van der Waals surface area contributed by atoms with Crippen LogP contribution in [0.2, 0.25) is 5.02 Å². The summed E-state index contributed by atoms with van der Waals surface area (Å²) in [5.41, 5.74) is 3.09. The fraction of sp³-hybridized carbons (Fsp3) is 0.120. The Morgan fingerprint density at radius 3 is 2.58 bits per heavy atom. The highest BCUT2D eigenvalue weighted by atomic mass is 35.5. The lowest BCUT2D eigenvalue weighted by Gasteiger charge is -2.33. The Balaban J connectivity index is 1.54. The Hall–Kier alpha value is -3.57. The normalized spacial score (nSPS) is 15.5. The van der Waals surface area contributed by atoms with E-state index in [2.05, 4.69) is 5.32 Å². The van der Waals surface area contributed by atoms with Gasteiger partial charge >= 0.3 is 0 Å². The number of nitrogens with one attached hydrogen (secondary N) is 1. The van der Waals surface area contributed by atoms with Gasteiger partial charge in [0.15, 0.2) is 6.10 Å². The first kappa shape index (κ1) is 20.7. The van der Waals surface area contributed by atoms with Crippen LogP contribution >= 0.6 is 11.6 Å². The van der Waals surface area contributed by atoms with Gasteiger partial charge < -0.3 is 15.0 Å². The van der Waals surface area contributed by atoms with Crippen LogP contribution in [0.5, 0.6) is 5.75 Å². The summed E-state index contributed by atoms with van der Waals surface area (Å²) in [6.07, 6.45) is 2.59. The second-order valence-electron chi connectivity index (χ2n) is 7.23. The average molecular weight is 433 g/mol. The second kappa shape index (κ2) is 9.06. The Morgan fingerprint density at radius 2 is 1.84 bits per heavy atom. The fourth-order valence-corrected chi connectivity index (χ4v) is 3.47. The van der Waals surface area contributed by atoms with E-state index in [9.17, 15) is 9.59 Å². The molecule has 0 saturated heterocycles. The van der Waals surface area contributed by atoms with E-state index >= 15 is 0 Å². The van der Waals surface area contributed by atoms with Gasteiger partial charge in [-0.15, -0.1) is 0 Å². The van der Waals surface area contributed by atoms with Gasteiger partial charge in [0.05, 0.1) is 12.2 Å². The number of ether oxygens (including phenoxy) is 1. The van der Waals surface area contributed by atoms with Crippen molar-refractivity contribution < 1.29 is 14.3 Å². The highest BCUT2D eigenvalue weighted by Gasteiger charge is 2.31. The molecule has 5 nitrogen and oxygen atoms in total. The summed E-state index contributed by atoms with van der Waals surface area (Å²) in [7, 11) is 0. The van der Waals surface area contributed by atoms with Gasteiger partial charge in [0.25, 0.3) is 5.91 Å². The average Bonchev–Trinajstić information content (AvgIpc) is 2.77. The van der Waals surface area contributed by atoms with E-state index in [0.29, 0.717) is 28.7 Å². The number of carbonyl (C=O) groups is 2. The summed E-state index contributed by atoms with van der Waals surface area (Å²) >= 11 is 5.88. The topological polar surface area (TPSA) is 58.6 Å². The zero-order valence-corrected chi connectivity index (χ0v) is 17.7. The zero-order valence-electron chi connectivity index (χ0n) is 16.9. The smallest absolute Gasteiger partial charge is 0.268 e. The van der Waals surface area contributed by atoms with E-state index in [4.69, 9.17) is 16.3 Å². The molecule has 1 heterocycles. The number of benzene rings is 3. The number of rotatable bonds is 5. The number of amides is 2. The van der Waals surface area contributed by atoms with E-state index in [1.807, 2.05) is 42.5 Å². The molecule has 1 unspecified atom stereocenters. The van der Waals surface area contributed by atoms with E-state index in [1.165, 1.54) is 6.08 Å². The molecular formula is C25H21ClN2O3. The molecule has 0 aliphatic carbocycles. The molecule has 0 bridgehead atoms. The highest BCUT2D eigenvalue weighted by Crippen LogP contribution is 2.37. The first-order chi connectivity index (χ1) is 15.0. The molecule has 2 amide bonds. The quantitative estimate of drug-likeness (QED) is 0.556. The van der Waals surface area contributed by atoms with Gasteiger partial charge in [-0.05, 0) is 54.5 Å². The van der Waals surface area contributed by atoms with Crippen molar-refractivity contribution in [3.8, 4) is 5.75 Å². The molecule has 1 atom stereocenters. The molecule has 0 saturated carbocycles. The third kappa shape index (κ3) is 4.95.